The Morgan fingerprint density at radius 2 is 2.09 bits per heavy atom. The summed E-state index contributed by atoms with van der Waals surface area (Å²) in [6, 6.07) is 3.20. The monoisotopic (exact) mass is 457 g/mol. The van der Waals surface area contributed by atoms with Gasteiger partial charge in [0.2, 0.25) is 5.95 Å². The molecule has 3 aromatic heterocycles. The van der Waals surface area contributed by atoms with Crippen LogP contribution in [0.5, 0.6) is 0 Å². The highest BCUT2D eigenvalue weighted by Crippen LogP contribution is 2.33. The maximum absolute atomic E-state index is 14.9. The van der Waals surface area contributed by atoms with Crippen LogP contribution in [0.25, 0.3) is 16.8 Å². The van der Waals surface area contributed by atoms with Gasteiger partial charge in [-0.05, 0) is 25.5 Å². The van der Waals surface area contributed by atoms with Gasteiger partial charge in [0.05, 0.1) is 48.4 Å². The van der Waals surface area contributed by atoms with Crippen molar-refractivity contribution >= 4 is 23.0 Å². The number of likely N-dealkylation sites (tertiary alicyclic amines) is 1. The number of rotatable bonds is 5. The number of alkyl halides is 1. The molecular weight excluding hydrogens is 432 g/mol. The van der Waals surface area contributed by atoms with Gasteiger partial charge in [-0.1, -0.05) is 0 Å². The van der Waals surface area contributed by atoms with Crippen molar-refractivity contribution in [2.75, 3.05) is 44.4 Å². The van der Waals surface area contributed by atoms with Gasteiger partial charge in [-0.25, -0.2) is 13.3 Å². The summed E-state index contributed by atoms with van der Waals surface area (Å²) in [6.45, 7) is 4.16. The highest BCUT2D eigenvalue weighted by Gasteiger charge is 2.35. The van der Waals surface area contributed by atoms with Crippen LogP contribution in [0.15, 0.2) is 28.6 Å². The Bertz CT molecular complexity index is 1210. The Morgan fingerprint density at radius 3 is 2.76 bits per heavy atom. The summed E-state index contributed by atoms with van der Waals surface area (Å²) in [7, 11) is 1.57. The summed E-state index contributed by atoms with van der Waals surface area (Å²) in [5.74, 6) is -0.315. The summed E-state index contributed by atoms with van der Waals surface area (Å²) < 4.78 is 36.3. The number of hydrogen-bond donors (Lipinski definition) is 2. The molecule has 3 N–H and O–H groups in total. The minimum Gasteiger partial charge on any atom is -0.382 e. The first-order valence-corrected chi connectivity index (χ1v) is 10.8. The zero-order valence-corrected chi connectivity index (χ0v) is 18.4. The highest BCUT2D eigenvalue weighted by atomic mass is 19.1. The number of aromatic nitrogens is 4. The molecule has 0 amide bonds. The smallest absolute Gasteiger partial charge is 0.243 e. The normalized spacial score (nSPS) is 22.2. The number of aryl methyl sites for hydroxylation is 1. The molecule has 2 fully saturated rings. The first kappa shape index (κ1) is 21.6. The predicted octanol–water partition coefficient (Wildman–Crippen LogP) is 2.76. The van der Waals surface area contributed by atoms with Crippen LogP contribution in [-0.2, 0) is 4.74 Å². The largest absolute Gasteiger partial charge is 0.382 e. The number of ether oxygens (including phenoxy) is 1. The van der Waals surface area contributed by atoms with E-state index in [1.54, 1.807) is 26.1 Å². The van der Waals surface area contributed by atoms with Gasteiger partial charge in [-0.3, -0.25) is 9.88 Å². The van der Waals surface area contributed by atoms with E-state index >= 15 is 0 Å². The Kier molecular flexibility index (Phi) is 5.62. The van der Waals surface area contributed by atoms with E-state index in [9.17, 15) is 8.78 Å². The number of piperidine rings is 1. The average Bonchev–Trinajstić information content (AvgIpc) is 3.07. The van der Waals surface area contributed by atoms with Crippen molar-refractivity contribution in [3.63, 3.8) is 0 Å². The summed E-state index contributed by atoms with van der Waals surface area (Å²) in [5.41, 5.74) is 8.27. The second-order valence-electron chi connectivity index (χ2n) is 8.31. The van der Waals surface area contributed by atoms with Gasteiger partial charge in [-0.15, -0.1) is 5.10 Å². The number of nitrogens with two attached hydrogens (primary N) is 1. The van der Waals surface area contributed by atoms with E-state index in [-0.39, 0.29) is 17.3 Å². The Labute approximate surface area is 188 Å². The molecule has 2 aliphatic heterocycles. The number of nitrogens with one attached hydrogen (secondary N) is 1. The molecule has 0 spiro atoms. The Balaban J connectivity index is 1.41. The van der Waals surface area contributed by atoms with E-state index in [0.29, 0.717) is 54.8 Å². The highest BCUT2D eigenvalue weighted by molar-refractivity contribution is 5.87. The van der Waals surface area contributed by atoms with Crippen LogP contribution in [0.2, 0.25) is 0 Å². The first-order valence-electron chi connectivity index (χ1n) is 10.8. The lowest BCUT2D eigenvalue weighted by Gasteiger charge is -2.42. The van der Waals surface area contributed by atoms with E-state index in [1.807, 2.05) is 0 Å². The van der Waals surface area contributed by atoms with E-state index in [4.69, 9.17) is 10.5 Å². The fraction of sp³-hybridized carbons (Fsp3) is 0.476. The number of fused-ring (bicyclic) bond motifs is 1. The molecule has 2 unspecified atom stereocenters. The lowest BCUT2D eigenvalue weighted by Crippen LogP contribution is -2.57. The number of nitrogens with zero attached hydrogens (tertiary/aromatic N) is 7. The molecule has 0 aliphatic carbocycles. The molecule has 0 radical (unpaired) electrons. The summed E-state index contributed by atoms with van der Waals surface area (Å²) in [6.07, 6.45) is 0.716. The van der Waals surface area contributed by atoms with E-state index < -0.39 is 18.0 Å². The molecule has 2 atom stereocenters. The summed E-state index contributed by atoms with van der Waals surface area (Å²) >= 11 is 0. The molecule has 12 heteroatoms. The molecule has 2 saturated heterocycles. The van der Waals surface area contributed by atoms with E-state index in [0.717, 1.165) is 6.54 Å². The molecule has 5 rings (SSSR count). The SMILES string of the molecule is CN=Nc1ccc(-c2c(F)cn3nc(NC4CCN(C5COC5)CC4F)nc(N)c23)nc1C. The van der Waals surface area contributed by atoms with Crippen molar-refractivity contribution in [3.8, 4) is 11.3 Å². The van der Waals surface area contributed by atoms with Crippen molar-refractivity contribution in [2.24, 2.45) is 10.2 Å². The number of halogens is 2. The van der Waals surface area contributed by atoms with Crippen LogP contribution in [0, 0.1) is 12.7 Å². The fourth-order valence-electron chi connectivity index (χ4n) is 4.31. The minimum absolute atomic E-state index is 0.0719. The maximum atomic E-state index is 14.9. The minimum atomic E-state index is -1.09. The van der Waals surface area contributed by atoms with Crippen molar-refractivity contribution in [3.05, 3.63) is 29.8 Å². The Morgan fingerprint density at radius 1 is 1.27 bits per heavy atom. The Hall–Kier alpha value is -3.25. The van der Waals surface area contributed by atoms with Crippen LogP contribution in [-0.4, -0.2) is 76.1 Å². The standard InChI is InChI=1S/C21H25F2N9O/c1-11-15(29-25-2)3-4-17(26-11)18-14(23)8-32-19(18)20(24)28-21(30-32)27-16-5-6-31(7-13(16)22)12-9-33-10-12/h3-4,8,12-13,16H,5-7,9-10H2,1-2H3,(H3,24,27,28,30). The molecule has 5 heterocycles. The zero-order chi connectivity index (χ0) is 23.1. The number of hydrogen-bond acceptors (Lipinski definition) is 9. The van der Waals surface area contributed by atoms with Gasteiger partial charge < -0.3 is 15.8 Å². The van der Waals surface area contributed by atoms with Crippen molar-refractivity contribution < 1.29 is 13.5 Å². The second kappa shape index (κ2) is 8.60. The molecule has 174 valence electrons. The van der Waals surface area contributed by atoms with Crippen LogP contribution < -0.4 is 11.1 Å². The maximum Gasteiger partial charge on any atom is 0.243 e. The molecule has 3 aromatic rings. The lowest BCUT2D eigenvalue weighted by molar-refractivity contribution is -0.0794. The van der Waals surface area contributed by atoms with Crippen molar-refractivity contribution in [1.82, 2.24) is 24.5 Å². The predicted molar refractivity (Wildman–Crippen MR) is 119 cm³/mol. The number of azo groups is 1. The van der Waals surface area contributed by atoms with Crippen LogP contribution in [0.3, 0.4) is 0 Å². The molecule has 10 nitrogen and oxygen atoms in total. The molecule has 0 bridgehead atoms. The van der Waals surface area contributed by atoms with Crippen LogP contribution in [0.1, 0.15) is 12.1 Å². The third-order valence-corrected chi connectivity index (χ3v) is 6.16. The topological polar surface area (TPSA) is 118 Å². The van der Waals surface area contributed by atoms with Crippen molar-refractivity contribution in [1.29, 1.82) is 0 Å². The van der Waals surface area contributed by atoms with Crippen LogP contribution >= 0.6 is 0 Å². The number of nitrogen functional groups attached to an aromatic ring is 1. The van der Waals surface area contributed by atoms with Gasteiger partial charge in [0, 0.05) is 20.1 Å². The molecule has 33 heavy (non-hydrogen) atoms. The first-order chi connectivity index (χ1) is 15.9. The molecule has 0 aromatic carbocycles. The number of anilines is 2. The third-order valence-electron chi connectivity index (χ3n) is 6.16. The van der Waals surface area contributed by atoms with Gasteiger partial charge in [0.15, 0.2) is 11.6 Å². The molecule has 0 saturated carbocycles. The number of pyridine rings is 1. The van der Waals surface area contributed by atoms with Crippen molar-refractivity contribution in [2.45, 2.75) is 31.6 Å². The quantitative estimate of drug-likeness (QED) is 0.566. The lowest BCUT2D eigenvalue weighted by atomic mass is 10.0. The molecular formula is C21H25F2N9O. The zero-order valence-electron chi connectivity index (χ0n) is 18.4. The molecule has 2 aliphatic rings. The van der Waals surface area contributed by atoms with Gasteiger partial charge in [-0.2, -0.15) is 15.2 Å². The third kappa shape index (κ3) is 4.00. The van der Waals surface area contributed by atoms with Crippen LogP contribution in [0.4, 0.5) is 26.2 Å². The van der Waals surface area contributed by atoms with Gasteiger partial charge in [0.1, 0.15) is 17.4 Å². The van der Waals surface area contributed by atoms with Gasteiger partial charge in [0.25, 0.3) is 0 Å². The van der Waals surface area contributed by atoms with Gasteiger partial charge >= 0.3 is 0 Å². The fourth-order valence-corrected chi connectivity index (χ4v) is 4.31. The second-order valence-corrected chi connectivity index (χ2v) is 8.31. The van der Waals surface area contributed by atoms with E-state index in [1.165, 1.54) is 10.7 Å². The summed E-state index contributed by atoms with van der Waals surface area (Å²) in [5, 5.41) is 15.1. The average molecular weight is 457 g/mol. The van der Waals surface area contributed by atoms with E-state index in [2.05, 4.69) is 35.5 Å². The summed E-state index contributed by atoms with van der Waals surface area (Å²) in [4.78, 5) is 10.8.